The van der Waals surface area contributed by atoms with E-state index in [9.17, 15) is 0 Å². The Labute approximate surface area is 274 Å². The first-order valence-electron chi connectivity index (χ1n) is 15.9. The van der Waals surface area contributed by atoms with Crippen molar-refractivity contribution in [3.8, 4) is 45.3 Å². The van der Waals surface area contributed by atoms with Crippen molar-refractivity contribution >= 4 is 54.6 Å². The lowest BCUT2D eigenvalue weighted by molar-refractivity contribution is 0.668. The van der Waals surface area contributed by atoms with Crippen molar-refractivity contribution in [3.05, 3.63) is 152 Å². The molecule has 224 valence electrons. The molecule has 0 unspecified atom stereocenters. The molecule has 10 aromatic rings. The second-order valence-electron chi connectivity index (χ2n) is 12.0. The lowest BCUT2D eigenvalue weighted by Crippen LogP contribution is -2.00. The van der Waals surface area contributed by atoms with Crippen LogP contribution in [0.1, 0.15) is 0 Å². The van der Waals surface area contributed by atoms with Crippen LogP contribution >= 0.6 is 0 Å². The van der Waals surface area contributed by atoms with E-state index < -0.39 is 0 Å². The summed E-state index contributed by atoms with van der Waals surface area (Å²) in [6.07, 6.45) is 0. The average Bonchev–Trinajstić information content (AvgIpc) is 3.72. The molecule has 0 amide bonds. The number of nitrogens with zero attached hydrogens (tertiary/aromatic N) is 3. The normalized spacial score (nSPS) is 11.8. The van der Waals surface area contributed by atoms with E-state index in [-0.39, 0.29) is 0 Å². The van der Waals surface area contributed by atoms with Crippen molar-refractivity contribution in [2.24, 2.45) is 0 Å². The number of hydrogen-bond donors (Lipinski definition) is 0. The number of aromatic nitrogens is 3. The van der Waals surface area contributed by atoms with Crippen LogP contribution < -0.4 is 0 Å². The Bertz CT molecular complexity index is 2850. The summed E-state index contributed by atoms with van der Waals surface area (Å²) < 4.78 is 12.8. The minimum Gasteiger partial charge on any atom is -0.456 e. The van der Waals surface area contributed by atoms with E-state index in [0.29, 0.717) is 17.5 Å². The van der Waals surface area contributed by atoms with Crippen LogP contribution in [0.5, 0.6) is 0 Å². The van der Waals surface area contributed by atoms with E-state index >= 15 is 0 Å². The third-order valence-electron chi connectivity index (χ3n) is 9.11. The van der Waals surface area contributed by atoms with Crippen LogP contribution in [0.3, 0.4) is 0 Å². The van der Waals surface area contributed by atoms with Crippen LogP contribution in [0.15, 0.2) is 160 Å². The first-order chi connectivity index (χ1) is 23.7. The van der Waals surface area contributed by atoms with Crippen LogP contribution in [0.4, 0.5) is 0 Å². The molecule has 3 heterocycles. The Hall–Kier alpha value is -6.59. The topological polar surface area (TPSA) is 65.0 Å². The fourth-order valence-electron chi connectivity index (χ4n) is 6.77. The predicted octanol–water partition coefficient (Wildman–Crippen LogP) is 11.5. The highest BCUT2D eigenvalue weighted by Gasteiger charge is 2.20. The molecule has 3 aromatic heterocycles. The molecule has 0 N–H and O–H groups in total. The first kappa shape index (κ1) is 26.6. The first-order valence-corrected chi connectivity index (χ1v) is 15.9. The predicted molar refractivity (Wildman–Crippen MR) is 194 cm³/mol. The molecule has 0 fully saturated rings. The van der Waals surface area contributed by atoms with Crippen molar-refractivity contribution in [1.82, 2.24) is 15.0 Å². The van der Waals surface area contributed by atoms with E-state index in [1.165, 1.54) is 5.39 Å². The second-order valence-corrected chi connectivity index (χ2v) is 12.0. The molecule has 0 bridgehead atoms. The maximum atomic E-state index is 6.50. The highest BCUT2D eigenvalue weighted by atomic mass is 16.3. The quantitative estimate of drug-likeness (QED) is 0.197. The summed E-state index contributed by atoms with van der Waals surface area (Å²) in [6, 6.07) is 51.7. The van der Waals surface area contributed by atoms with Gasteiger partial charge < -0.3 is 8.83 Å². The lowest BCUT2D eigenvalue weighted by Gasteiger charge is -2.11. The van der Waals surface area contributed by atoms with E-state index in [1.54, 1.807) is 0 Å². The number of furan rings is 2. The highest BCUT2D eigenvalue weighted by Crippen LogP contribution is 2.41. The van der Waals surface area contributed by atoms with Gasteiger partial charge in [-0.3, -0.25) is 0 Å². The van der Waals surface area contributed by atoms with Gasteiger partial charge in [0, 0.05) is 38.2 Å². The molecule has 0 spiro atoms. The van der Waals surface area contributed by atoms with Gasteiger partial charge in [0.15, 0.2) is 17.5 Å². The SMILES string of the molecule is c1ccc(-c2nc(-c3ccc4ccccc4c3)nc(-c3cc(-c4ccc5c(c4)oc4ccccc45)cc4oc5ccccc5c34)n2)cc1. The van der Waals surface area contributed by atoms with Gasteiger partial charge in [0.2, 0.25) is 0 Å². The number of rotatable bonds is 4. The summed E-state index contributed by atoms with van der Waals surface area (Å²) in [5, 5.41) is 6.46. The molecule has 0 radical (unpaired) electrons. The van der Waals surface area contributed by atoms with Gasteiger partial charge >= 0.3 is 0 Å². The van der Waals surface area contributed by atoms with Crippen molar-refractivity contribution in [3.63, 3.8) is 0 Å². The van der Waals surface area contributed by atoms with Crippen LogP contribution in [-0.4, -0.2) is 15.0 Å². The summed E-state index contributed by atoms with van der Waals surface area (Å²) in [5.74, 6) is 1.80. The summed E-state index contributed by atoms with van der Waals surface area (Å²) >= 11 is 0. The summed E-state index contributed by atoms with van der Waals surface area (Å²) in [5.41, 5.74) is 8.00. The third kappa shape index (κ3) is 4.29. The van der Waals surface area contributed by atoms with Gasteiger partial charge in [-0.1, -0.05) is 109 Å². The number of para-hydroxylation sites is 2. The standard InChI is InChI=1S/C43H25N3O2/c1-2-11-27(12-3-1)41-44-42(30-19-18-26-10-4-5-13-28(26)22-30)46-43(45-41)35-23-31(25-39-40(35)34-15-7-9-17-37(34)48-39)29-20-21-33-32-14-6-8-16-36(32)47-38(33)24-29/h1-25H. The molecule has 7 aromatic carbocycles. The molecule has 0 saturated heterocycles. The van der Waals surface area contributed by atoms with Gasteiger partial charge in [-0.2, -0.15) is 0 Å². The van der Waals surface area contributed by atoms with Gasteiger partial charge in [0.05, 0.1) is 0 Å². The largest absolute Gasteiger partial charge is 0.456 e. The van der Waals surface area contributed by atoms with Crippen molar-refractivity contribution < 1.29 is 8.83 Å². The fraction of sp³-hybridized carbons (Fsp3) is 0. The maximum absolute atomic E-state index is 6.50. The molecule has 0 aliphatic carbocycles. The number of hydrogen-bond acceptors (Lipinski definition) is 5. The van der Waals surface area contributed by atoms with E-state index in [0.717, 1.165) is 77.1 Å². The third-order valence-corrected chi connectivity index (χ3v) is 9.11. The van der Waals surface area contributed by atoms with Crippen LogP contribution in [0, 0.1) is 0 Å². The summed E-state index contributed by atoms with van der Waals surface area (Å²) in [7, 11) is 0. The van der Waals surface area contributed by atoms with Crippen molar-refractivity contribution in [2.45, 2.75) is 0 Å². The summed E-state index contributed by atoms with van der Waals surface area (Å²) in [4.78, 5) is 15.3. The molecule has 0 saturated carbocycles. The Morgan fingerprint density at radius 2 is 0.938 bits per heavy atom. The Balaban J connectivity index is 1.24. The zero-order valence-corrected chi connectivity index (χ0v) is 25.6. The molecule has 0 atom stereocenters. The molecule has 0 aliphatic rings. The molecule has 5 nitrogen and oxygen atoms in total. The van der Waals surface area contributed by atoms with Gasteiger partial charge in [-0.05, 0) is 64.4 Å². The summed E-state index contributed by atoms with van der Waals surface area (Å²) in [6.45, 7) is 0. The minimum atomic E-state index is 0.579. The Morgan fingerprint density at radius 1 is 0.333 bits per heavy atom. The second kappa shape index (κ2) is 10.5. The number of benzene rings is 7. The van der Waals surface area contributed by atoms with E-state index in [1.807, 2.05) is 66.7 Å². The molecule has 48 heavy (non-hydrogen) atoms. The van der Waals surface area contributed by atoms with Crippen LogP contribution in [0.2, 0.25) is 0 Å². The molecule has 0 aliphatic heterocycles. The van der Waals surface area contributed by atoms with Crippen LogP contribution in [0.25, 0.3) is 99.9 Å². The zero-order valence-electron chi connectivity index (χ0n) is 25.6. The van der Waals surface area contributed by atoms with Gasteiger partial charge in [0.1, 0.15) is 22.3 Å². The van der Waals surface area contributed by atoms with E-state index in [4.69, 9.17) is 23.8 Å². The molecule has 5 heteroatoms. The Kier molecular flexibility index (Phi) is 5.81. The molecular weight excluding hydrogens is 590 g/mol. The van der Waals surface area contributed by atoms with Crippen LogP contribution in [-0.2, 0) is 0 Å². The van der Waals surface area contributed by atoms with Gasteiger partial charge in [-0.25, -0.2) is 15.0 Å². The fourth-order valence-corrected chi connectivity index (χ4v) is 6.77. The van der Waals surface area contributed by atoms with Gasteiger partial charge in [-0.15, -0.1) is 0 Å². The van der Waals surface area contributed by atoms with Crippen molar-refractivity contribution in [2.75, 3.05) is 0 Å². The highest BCUT2D eigenvalue weighted by molar-refractivity contribution is 6.13. The molecule has 10 rings (SSSR count). The van der Waals surface area contributed by atoms with Crippen molar-refractivity contribution in [1.29, 1.82) is 0 Å². The minimum absolute atomic E-state index is 0.579. The zero-order chi connectivity index (χ0) is 31.6. The number of fused-ring (bicyclic) bond motifs is 7. The van der Waals surface area contributed by atoms with Gasteiger partial charge in [0.25, 0.3) is 0 Å². The average molecular weight is 616 g/mol. The van der Waals surface area contributed by atoms with E-state index in [2.05, 4.69) is 84.9 Å². The maximum Gasteiger partial charge on any atom is 0.164 e. The monoisotopic (exact) mass is 615 g/mol. The smallest absolute Gasteiger partial charge is 0.164 e. The Morgan fingerprint density at radius 3 is 1.79 bits per heavy atom. The lowest BCUT2D eigenvalue weighted by atomic mass is 9.97. The molecular formula is C43H25N3O2.